The topological polar surface area (TPSA) is 26.3 Å². The van der Waals surface area contributed by atoms with Crippen LogP contribution in [0.1, 0.15) is 37.2 Å². The van der Waals surface area contributed by atoms with E-state index in [0.717, 1.165) is 5.56 Å². The number of benzene rings is 1. The fourth-order valence-corrected chi connectivity index (χ4v) is 2.32. The molecule has 0 unspecified atom stereocenters. The predicted octanol–water partition coefficient (Wildman–Crippen LogP) is 4.08. The van der Waals surface area contributed by atoms with Crippen molar-refractivity contribution in [3.8, 4) is 5.75 Å². The van der Waals surface area contributed by atoms with Crippen molar-refractivity contribution in [3.63, 3.8) is 0 Å². The zero-order chi connectivity index (χ0) is 10.7. The molecule has 0 amide bonds. The molecule has 0 bridgehead atoms. The summed E-state index contributed by atoms with van der Waals surface area (Å²) in [4.78, 5) is 10.7. The minimum absolute atomic E-state index is 0.525. The molecule has 2 nitrogen and oxygen atoms in total. The van der Waals surface area contributed by atoms with Gasteiger partial charge in [0.2, 0.25) is 0 Å². The summed E-state index contributed by atoms with van der Waals surface area (Å²) in [5.74, 6) is 1.14. The average Bonchev–Trinajstić information content (AvgIpc) is 2.70. The molecule has 1 aromatic rings. The normalized spacial score (nSPS) is 16.6. The van der Waals surface area contributed by atoms with Gasteiger partial charge >= 0.3 is 5.43 Å². The van der Waals surface area contributed by atoms with Crippen LogP contribution in [0.4, 0.5) is 4.79 Å². The number of hydrogen-bond donors (Lipinski definition) is 0. The molecule has 0 spiro atoms. The standard InChI is InChI=1S/C12H13ClO2/c13-12(14)15-11-8-4-3-7-10(11)9-5-1-2-6-9/h3-4,7-9H,1-2,5-6H2. The number of ether oxygens (including phenoxy) is 1. The molecule has 0 radical (unpaired) electrons. The SMILES string of the molecule is O=C(Cl)Oc1ccccc1C1CCCC1. The van der Waals surface area contributed by atoms with Gasteiger partial charge in [-0.05, 0) is 30.4 Å². The second-order valence-electron chi connectivity index (χ2n) is 3.86. The Hall–Kier alpha value is -1.02. The Morgan fingerprint density at radius 2 is 1.93 bits per heavy atom. The summed E-state index contributed by atoms with van der Waals surface area (Å²) in [7, 11) is 0. The quantitative estimate of drug-likeness (QED) is 0.708. The Balaban J connectivity index is 2.24. The number of carbonyl (C=O) groups is 1. The highest BCUT2D eigenvalue weighted by Crippen LogP contribution is 2.38. The van der Waals surface area contributed by atoms with Crippen molar-refractivity contribution in [2.75, 3.05) is 0 Å². The maximum Gasteiger partial charge on any atom is 0.409 e. The second-order valence-corrected chi connectivity index (χ2v) is 4.17. The van der Waals surface area contributed by atoms with Gasteiger partial charge in [0.25, 0.3) is 0 Å². The Morgan fingerprint density at radius 3 is 2.60 bits per heavy atom. The third-order valence-corrected chi connectivity index (χ3v) is 2.98. The lowest BCUT2D eigenvalue weighted by Crippen LogP contribution is -2.02. The van der Waals surface area contributed by atoms with Crippen LogP contribution in [0.3, 0.4) is 0 Å². The van der Waals surface area contributed by atoms with Crippen molar-refractivity contribution < 1.29 is 9.53 Å². The maximum atomic E-state index is 10.7. The Labute approximate surface area is 94.2 Å². The van der Waals surface area contributed by atoms with E-state index in [2.05, 4.69) is 0 Å². The van der Waals surface area contributed by atoms with Gasteiger partial charge in [-0.25, -0.2) is 4.79 Å². The van der Waals surface area contributed by atoms with Crippen molar-refractivity contribution in [1.29, 1.82) is 0 Å². The van der Waals surface area contributed by atoms with Crippen molar-refractivity contribution >= 4 is 17.0 Å². The zero-order valence-corrected chi connectivity index (χ0v) is 9.17. The lowest BCUT2D eigenvalue weighted by atomic mass is 9.97. The average molecular weight is 225 g/mol. The smallest absolute Gasteiger partial charge is 0.409 e. The summed E-state index contributed by atoms with van der Waals surface area (Å²) >= 11 is 5.23. The largest absolute Gasteiger partial charge is 0.414 e. The van der Waals surface area contributed by atoms with Gasteiger partial charge in [-0.1, -0.05) is 31.0 Å². The van der Waals surface area contributed by atoms with E-state index >= 15 is 0 Å². The molecule has 0 saturated heterocycles. The summed E-state index contributed by atoms with van der Waals surface area (Å²) in [5, 5.41) is 0. The van der Waals surface area contributed by atoms with Crippen LogP contribution >= 0.6 is 11.6 Å². The summed E-state index contributed by atoms with van der Waals surface area (Å²) in [6, 6.07) is 7.64. The summed E-state index contributed by atoms with van der Waals surface area (Å²) in [6.07, 6.45) is 4.87. The molecule has 1 fully saturated rings. The molecule has 0 heterocycles. The first kappa shape index (κ1) is 10.5. The van der Waals surface area contributed by atoms with E-state index in [9.17, 15) is 4.79 Å². The molecule has 1 aromatic carbocycles. The van der Waals surface area contributed by atoms with E-state index in [-0.39, 0.29) is 0 Å². The van der Waals surface area contributed by atoms with Crippen LogP contribution in [-0.4, -0.2) is 5.43 Å². The van der Waals surface area contributed by atoms with E-state index in [4.69, 9.17) is 16.3 Å². The maximum absolute atomic E-state index is 10.7. The molecule has 15 heavy (non-hydrogen) atoms. The first-order chi connectivity index (χ1) is 7.27. The van der Waals surface area contributed by atoms with E-state index in [1.807, 2.05) is 18.2 Å². The Bertz CT molecular complexity index is 356. The van der Waals surface area contributed by atoms with Gasteiger partial charge in [-0.15, -0.1) is 0 Å². The van der Waals surface area contributed by atoms with Gasteiger partial charge in [-0.3, -0.25) is 0 Å². The molecule has 1 aliphatic carbocycles. The highest BCUT2D eigenvalue weighted by molar-refractivity contribution is 6.61. The third-order valence-electron chi connectivity index (χ3n) is 2.90. The number of para-hydroxylation sites is 1. The van der Waals surface area contributed by atoms with E-state index < -0.39 is 5.43 Å². The fraction of sp³-hybridized carbons (Fsp3) is 0.417. The van der Waals surface area contributed by atoms with Gasteiger partial charge in [0, 0.05) is 11.6 Å². The summed E-state index contributed by atoms with van der Waals surface area (Å²) in [5.41, 5.74) is 0.351. The lowest BCUT2D eigenvalue weighted by Gasteiger charge is -2.13. The molecule has 0 aromatic heterocycles. The minimum Gasteiger partial charge on any atom is -0.414 e. The molecular formula is C12H13ClO2. The molecule has 2 rings (SSSR count). The van der Waals surface area contributed by atoms with Crippen LogP contribution in [0.5, 0.6) is 5.75 Å². The Morgan fingerprint density at radius 1 is 1.27 bits per heavy atom. The molecule has 3 heteroatoms. The fourth-order valence-electron chi connectivity index (χ4n) is 2.23. The van der Waals surface area contributed by atoms with Gasteiger partial charge in [-0.2, -0.15) is 0 Å². The van der Waals surface area contributed by atoms with E-state index in [0.29, 0.717) is 11.7 Å². The van der Waals surface area contributed by atoms with E-state index in [1.165, 1.54) is 25.7 Å². The molecule has 0 N–H and O–H groups in total. The summed E-state index contributed by atoms with van der Waals surface area (Å²) < 4.78 is 4.98. The molecule has 1 aliphatic rings. The highest BCUT2D eigenvalue weighted by Gasteiger charge is 2.20. The second kappa shape index (κ2) is 4.67. The van der Waals surface area contributed by atoms with Crippen LogP contribution < -0.4 is 4.74 Å². The third kappa shape index (κ3) is 2.51. The van der Waals surface area contributed by atoms with Gasteiger partial charge in [0.15, 0.2) is 0 Å². The molecule has 80 valence electrons. The molecular weight excluding hydrogens is 212 g/mol. The van der Waals surface area contributed by atoms with Crippen LogP contribution in [0.2, 0.25) is 0 Å². The first-order valence-electron chi connectivity index (χ1n) is 5.23. The van der Waals surface area contributed by atoms with Crippen molar-refractivity contribution in [2.45, 2.75) is 31.6 Å². The van der Waals surface area contributed by atoms with Gasteiger partial charge < -0.3 is 4.74 Å². The van der Waals surface area contributed by atoms with Gasteiger partial charge in [0.05, 0.1) is 0 Å². The zero-order valence-electron chi connectivity index (χ0n) is 8.41. The van der Waals surface area contributed by atoms with Crippen molar-refractivity contribution in [1.82, 2.24) is 0 Å². The molecule has 0 atom stereocenters. The predicted molar refractivity (Wildman–Crippen MR) is 59.5 cm³/mol. The lowest BCUT2D eigenvalue weighted by molar-refractivity contribution is 0.225. The highest BCUT2D eigenvalue weighted by atomic mass is 35.5. The van der Waals surface area contributed by atoms with Crippen molar-refractivity contribution in [3.05, 3.63) is 29.8 Å². The minimum atomic E-state index is -0.763. The molecule has 1 saturated carbocycles. The van der Waals surface area contributed by atoms with Crippen LogP contribution in [-0.2, 0) is 0 Å². The summed E-state index contributed by atoms with van der Waals surface area (Å²) in [6.45, 7) is 0. The van der Waals surface area contributed by atoms with Crippen molar-refractivity contribution in [2.24, 2.45) is 0 Å². The number of rotatable bonds is 2. The van der Waals surface area contributed by atoms with Crippen LogP contribution in [0.25, 0.3) is 0 Å². The van der Waals surface area contributed by atoms with Gasteiger partial charge in [0.1, 0.15) is 5.75 Å². The monoisotopic (exact) mass is 224 g/mol. The molecule has 0 aliphatic heterocycles. The first-order valence-corrected chi connectivity index (χ1v) is 5.61. The van der Waals surface area contributed by atoms with E-state index in [1.54, 1.807) is 6.07 Å². The van der Waals surface area contributed by atoms with Crippen LogP contribution in [0, 0.1) is 0 Å². The number of hydrogen-bond acceptors (Lipinski definition) is 2. The van der Waals surface area contributed by atoms with Crippen LogP contribution in [0.15, 0.2) is 24.3 Å². The number of carbonyl (C=O) groups excluding carboxylic acids is 1. The Kier molecular flexibility index (Phi) is 3.27. The number of halogens is 1.